The van der Waals surface area contributed by atoms with Gasteiger partial charge in [0.25, 0.3) is 5.91 Å². The van der Waals surface area contributed by atoms with Gasteiger partial charge in [-0.15, -0.1) is 0 Å². The van der Waals surface area contributed by atoms with Gasteiger partial charge in [0, 0.05) is 23.0 Å². The van der Waals surface area contributed by atoms with Crippen LogP contribution in [0.25, 0.3) is 0 Å². The largest absolute Gasteiger partial charge is 0.444 e. The van der Waals surface area contributed by atoms with Crippen molar-refractivity contribution in [2.45, 2.75) is 19.9 Å². The van der Waals surface area contributed by atoms with Crippen molar-refractivity contribution in [1.29, 1.82) is 0 Å². The van der Waals surface area contributed by atoms with Gasteiger partial charge in [-0.05, 0) is 65.7 Å². The minimum absolute atomic E-state index is 0.199. The number of aryl methyl sites for hydroxylation is 1. The molecular formula is C20H19BrN2O2. The van der Waals surface area contributed by atoms with Crippen molar-refractivity contribution in [3.8, 4) is 0 Å². The number of benzene rings is 2. The molecule has 0 radical (unpaired) electrons. The summed E-state index contributed by atoms with van der Waals surface area (Å²) in [5, 5.41) is 6.29. The molecule has 4 nitrogen and oxygen atoms in total. The predicted molar refractivity (Wildman–Crippen MR) is 104 cm³/mol. The molecule has 1 amide bonds. The molecule has 0 aliphatic carbocycles. The number of amides is 1. The highest BCUT2D eigenvalue weighted by Gasteiger charge is 2.15. The van der Waals surface area contributed by atoms with Crippen molar-refractivity contribution in [3.63, 3.8) is 0 Å². The quantitative estimate of drug-likeness (QED) is 0.572. The third kappa shape index (κ3) is 4.31. The van der Waals surface area contributed by atoms with Crippen molar-refractivity contribution in [2.24, 2.45) is 0 Å². The number of rotatable bonds is 5. The highest BCUT2D eigenvalue weighted by Crippen LogP contribution is 2.23. The normalized spacial score (nSPS) is 11.8. The first-order chi connectivity index (χ1) is 12.0. The van der Waals surface area contributed by atoms with Gasteiger partial charge in [0.05, 0.1) is 0 Å². The monoisotopic (exact) mass is 398 g/mol. The fourth-order valence-corrected chi connectivity index (χ4v) is 3.09. The zero-order valence-corrected chi connectivity index (χ0v) is 15.6. The molecule has 1 unspecified atom stereocenters. The molecule has 0 saturated heterocycles. The Labute approximate surface area is 155 Å². The van der Waals surface area contributed by atoms with E-state index in [0.717, 1.165) is 16.9 Å². The Bertz CT molecular complexity index is 857. The molecule has 0 aliphatic rings. The lowest BCUT2D eigenvalue weighted by atomic mass is 10.1. The molecule has 3 aromatic rings. The number of halogens is 1. The van der Waals surface area contributed by atoms with Crippen molar-refractivity contribution in [1.82, 2.24) is 0 Å². The second kappa shape index (κ2) is 7.57. The number of hydrogen-bond donors (Lipinski definition) is 2. The second-order valence-corrected chi connectivity index (χ2v) is 6.65. The van der Waals surface area contributed by atoms with Crippen LogP contribution in [0.1, 0.15) is 34.6 Å². The summed E-state index contributed by atoms with van der Waals surface area (Å²) in [7, 11) is 0. The van der Waals surface area contributed by atoms with E-state index in [4.69, 9.17) is 4.42 Å². The van der Waals surface area contributed by atoms with Gasteiger partial charge in [0.2, 0.25) is 0 Å². The molecule has 0 aliphatic heterocycles. The van der Waals surface area contributed by atoms with E-state index in [9.17, 15) is 4.79 Å². The Hall–Kier alpha value is -2.53. The SMILES string of the molecule is Cc1cc(Br)oc1C(=O)Nc1ccc(NC(C)c2ccccc2)cc1. The Morgan fingerprint density at radius 3 is 2.28 bits per heavy atom. The number of anilines is 2. The van der Waals surface area contributed by atoms with Crippen LogP contribution in [0.15, 0.2) is 69.8 Å². The molecular weight excluding hydrogens is 380 g/mol. The molecule has 3 rings (SSSR count). The molecule has 0 fully saturated rings. The van der Waals surface area contributed by atoms with Crippen molar-refractivity contribution >= 4 is 33.2 Å². The smallest absolute Gasteiger partial charge is 0.291 e. The van der Waals surface area contributed by atoms with Crippen molar-refractivity contribution in [3.05, 3.63) is 82.2 Å². The van der Waals surface area contributed by atoms with Crippen LogP contribution in [0.3, 0.4) is 0 Å². The molecule has 1 heterocycles. The zero-order chi connectivity index (χ0) is 17.8. The average molecular weight is 399 g/mol. The lowest BCUT2D eigenvalue weighted by Crippen LogP contribution is -2.12. The summed E-state index contributed by atoms with van der Waals surface area (Å²) in [5.41, 5.74) is 3.72. The van der Waals surface area contributed by atoms with E-state index in [1.807, 2.05) is 49.4 Å². The van der Waals surface area contributed by atoms with Crippen LogP contribution in [-0.2, 0) is 0 Å². The molecule has 0 bridgehead atoms. The molecule has 128 valence electrons. The van der Waals surface area contributed by atoms with Crippen LogP contribution in [-0.4, -0.2) is 5.91 Å². The Balaban J connectivity index is 1.64. The fraction of sp³-hybridized carbons (Fsp3) is 0.150. The number of nitrogens with one attached hydrogen (secondary N) is 2. The molecule has 0 saturated carbocycles. The summed E-state index contributed by atoms with van der Waals surface area (Å²) < 4.78 is 5.91. The fourth-order valence-electron chi connectivity index (χ4n) is 2.58. The number of furan rings is 1. The van der Waals surface area contributed by atoms with Crippen LogP contribution in [0.4, 0.5) is 11.4 Å². The minimum atomic E-state index is -0.262. The van der Waals surface area contributed by atoms with E-state index in [0.29, 0.717) is 10.4 Å². The predicted octanol–water partition coefficient (Wildman–Crippen LogP) is 5.78. The maximum Gasteiger partial charge on any atom is 0.291 e. The lowest BCUT2D eigenvalue weighted by molar-refractivity contribution is 0.0994. The standard InChI is InChI=1S/C20H19BrN2O2/c1-13-12-18(21)25-19(13)20(24)23-17-10-8-16(9-11-17)22-14(2)15-6-4-3-5-7-15/h3-12,14,22H,1-2H3,(H,23,24). The number of carbonyl (C=O) groups excluding carboxylic acids is 1. The number of carbonyl (C=O) groups is 1. The molecule has 5 heteroatoms. The van der Waals surface area contributed by atoms with Crippen LogP contribution >= 0.6 is 15.9 Å². The molecule has 25 heavy (non-hydrogen) atoms. The van der Waals surface area contributed by atoms with E-state index in [1.54, 1.807) is 6.07 Å². The van der Waals surface area contributed by atoms with Gasteiger partial charge < -0.3 is 15.1 Å². The Kier molecular flexibility index (Phi) is 5.24. The van der Waals surface area contributed by atoms with Gasteiger partial charge in [-0.3, -0.25) is 4.79 Å². The van der Waals surface area contributed by atoms with Crippen molar-refractivity contribution in [2.75, 3.05) is 10.6 Å². The average Bonchev–Trinajstić information content (AvgIpc) is 2.96. The molecule has 1 atom stereocenters. The first-order valence-corrected chi connectivity index (χ1v) is 8.81. The molecule has 2 aromatic carbocycles. The van der Waals surface area contributed by atoms with Gasteiger partial charge in [-0.2, -0.15) is 0 Å². The summed E-state index contributed by atoms with van der Waals surface area (Å²) in [6.07, 6.45) is 0. The Morgan fingerprint density at radius 2 is 1.68 bits per heavy atom. The van der Waals surface area contributed by atoms with Crippen LogP contribution in [0, 0.1) is 6.92 Å². The third-order valence-corrected chi connectivity index (χ3v) is 4.31. The Morgan fingerprint density at radius 1 is 1.04 bits per heavy atom. The van der Waals surface area contributed by atoms with Gasteiger partial charge in [-0.1, -0.05) is 30.3 Å². The van der Waals surface area contributed by atoms with Gasteiger partial charge >= 0.3 is 0 Å². The van der Waals surface area contributed by atoms with Crippen LogP contribution in [0.2, 0.25) is 0 Å². The van der Waals surface area contributed by atoms with E-state index >= 15 is 0 Å². The van der Waals surface area contributed by atoms with Crippen LogP contribution < -0.4 is 10.6 Å². The van der Waals surface area contributed by atoms with Crippen LogP contribution in [0.5, 0.6) is 0 Å². The van der Waals surface area contributed by atoms with E-state index in [1.165, 1.54) is 5.56 Å². The third-order valence-electron chi connectivity index (χ3n) is 3.92. The summed E-state index contributed by atoms with van der Waals surface area (Å²) in [6, 6.07) is 19.8. The summed E-state index contributed by atoms with van der Waals surface area (Å²) in [5.74, 6) is 0.0494. The topological polar surface area (TPSA) is 54.3 Å². The summed E-state index contributed by atoms with van der Waals surface area (Å²) in [6.45, 7) is 3.95. The second-order valence-electron chi connectivity index (χ2n) is 5.87. The first-order valence-electron chi connectivity index (χ1n) is 8.02. The van der Waals surface area contributed by atoms with E-state index in [-0.39, 0.29) is 11.9 Å². The van der Waals surface area contributed by atoms with Crippen molar-refractivity contribution < 1.29 is 9.21 Å². The summed E-state index contributed by atoms with van der Waals surface area (Å²) in [4.78, 5) is 12.3. The molecule has 0 spiro atoms. The maximum atomic E-state index is 12.3. The van der Waals surface area contributed by atoms with Gasteiger partial charge in [-0.25, -0.2) is 0 Å². The lowest BCUT2D eigenvalue weighted by Gasteiger charge is -2.16. The first kappa shape index (κ1) is 17.3. The van der Waals surface area contributed by atoms with E-state index < -0.39 is 0 Å². The van der Waals surface area contributed by atoms with Gasteiger partial charge in [0.15, 0.2) is 10.4 Å². The number of hydrogen-bond acceptors (Lipinski definition) is 3. The summed E-state index contributed by atoms with van der Waals surface area (Å²) >= 11 is 3.23. The molecule has 2 N–H and O–H groups in total. The highest BCUT2D eigenvalue weighted by molar-refractivity contribution is 9.10. The van der Waals surface area contributed by atoms with E-state index in [2.05, 4.69) is 45.6 Å². The zero-order valence-electron chi connectivity index (χ0n) is 14.0. The molecule has 1 aromatic heterocycles. The van der Waals surface area contributed by atoms with Gasteiger partial charge in [0.1, 0.15) is 0 Å². The highest BCUT2D eigenvalue weighted by atomic mass is 79.9. The minimum Gasteiger partial charge on any atom is -0.444 e. The maximum absolute atomic E-state index is 12.3.